The Morgan fingerprint density at radius 2 is 2.05 bits per heavy atom. The standard InChI is InChI=1S/C18H25NO3/c1-5-15-11-16(21-13-14-9-7-6-8-10-14)12-19(15)17(20)22-18(2,3)4/h5-10,15-16H,1,11-13H2,2-4H3/t15-,16-/m1/s1. The monoisotopic (exact) mass is 303 g/mol. The molecule has 1 aromatic carbocycles. The number of rotatable bonds is 4. The van der Waals surface area contributed by atoms with Crippen molar-refractivity contribution in [1.82, 2.24) is 4.90 Å². The van der Waals surface area contributed by atoms with Crippen LogP contribution in [0.4, 0.5) is 4.79 Å². The van der Waals surface area contributed by atoms with Crippen LogP contribution in [0.25, 0.3) is 0 Å². The van der Waals surface area contributed by atoms with E-state index in [1.165, 1.54) is 0 Å². The summed E-state index contributed by atoms with van der Waals surface area (Å²) in [5.74, 6) is 0. The predicted octanol–water partition coefficient (Wildman–Crippen LogP) is 3.77. The Morgan fingerprint density at radius 1 is 1.36 bits per heavy atom. The molecule has 120 valence electrons. The summed E-state index contributed by atoms with van der Waals surface area (Å²) in [7, 11) is 0. The van der Waals surface area contributed by atoms with Gasteiger partial charge in [0.25, 0.3) is 0 Å². The summed E-state index contributed by atoms with van der Waals surface area (Å²) in [6.45, 7) is 10.5. The Kier molecular flexibility index (Phi) is 5.24. The van der Waals surface area contributed by atoms with Crippen molar-refractivity contribution in [3.05, 3.63) is 48.6 Å². The average molecular weight is 303 g/mol. The van der Waals surface area contributed by atoms with Gasteiger partial charge in [-0.05, 0) is 32.8 Å². The molecule has 1 heterocycles. The van der Waals surface area contributed by atoms with Crippen LogP contribution in [0.1, 0.15) is 32.8 Å². The van der Waals surface area contributed by atoms with Crippen LogP contribution in [0.5, 0.6) is 0 Å². The number of amides is 1. The molecule has 1 amide bonds. The second-order valence-electron chi connectivity index (χ2n) is 6.59. The molecule has 0 bridgehead atoms. The van der Waals surface area contributed by atoms with Crippen molar-refractivity contribution >= 4 is 6.09 Å². The second kappa shape index (κ2) is 6.97. The molecule has 0 spiro atoms. The SMILES string of the molecule is C=C[C@@H]1C[C@@H](OCc2ccccc2)CN1C(=O)OC(C)(C)C. The molecule has 1 aliphatic rings. The van der Waals surface area contributed by atoms with Crippen molar-refractivity contribution in [2.24, 2.45) is 0 Å². The fraction of sp³-hybridized carbons (Fsp3) is 0.500. The first-order valence-electron chi connectivity index (χ1n) is 7.67. The Bertz CT molecular complexity index is 507. The van der Waals surface area contributed by atoms with Gasteiger partial charge in [-0.15, -0.1) is 6.58 Å². The molecule has 0 unspecified atom stereocenters. The van der Waals surface area contributed by atoms with Crippen LogP contribution >= 0.6 is 0 Å². The normalized spacial score (nSPS) is 21.7. The van der Waals surface area contributed by atoms with E-state index in [2.05, 4.69) is 6.58 Å². The lowest BCUT2D eigenvalue weighted by Crippen LogP contribution is -2.39. The zero-order valence-electron chi connectivity index (χ0n) is 13.6. The minimum Gasteiger partial charge on any atom is -0.444 e. The summed E-state index contributed by atoms with van der Waals surface area (Å²) in [4.78, 5) is 14.0. The van der Waals surface area contributed by atoms with Gasteiger partial charge < -0.3 is 9.47 Å². The maximum atomic E-state index is 12.3. The number of likely N-dealkylation sites (tertiary alicyclic amines) is 1. The highest BCUT2D eigenvalue weighted by atomic mass is 16.6. The maximum Gasteiger partial charge on any atom is 0.410 e. The Balaban J connectivity index is 1.91. The van der Waals surface area contributed by atoms with Crippen molar-refractivity contribution in [2.45, 2.75) is 51.5 Å². The quantitative estimate of drug-likeness (QED) is 0.795. The summed E-state index contributed by atoms with van der Waals surface area (Å²) >= 11 is 0. The van der Waals surface area contributed by atoms with Crippen molar-refractivity contribution < 1.29 is 14.3 Å². The van der Waals surface area contributed by atoms with Crippen LogP contribution in [0.2, 0.25) is 0 Å². The first-order valence-corrected chi connectivity index (χ1v) is 7.67. The molecule has 2 rings (SSSR count). The average Bonchev–Trinajstić information content (AvgIpc) is 2.88. The number of nitrogens with zero attached hydrogens (tertiary/aromatic N) is 1. The molecule has 4 heteroatoms. The largest absolute Gasteiger partial charge is 0.444 e. The van der Waals surface area contributed by atoms with Crippen molar-refractivity contribution in [2.75, 3.05) is 6.54 Å². The molecular weight excluding hydrogens is 278 g/mol. The molecule has 0 aromatic heterocycles. The Hall–Kier alpha value is -1.81. The molecule has 22 heavy (non-hydrogen) atoms. The molecule has 1 fully saturated rings. The van der Waals surface area contributed by atoms with Crippen LogP contribution in [0, 0.1) is 0 Å². The molecule has 0 radical (unpaired) electrons. The predicted molar refractivity (Wildman–Crippen MR) is 86.6 cm³/mol. The number of ether oxygens (including phenoxy) is 2. The van der Waals surface area contributed by atoms with Gasteiger partial charge in [0.1, 0.15) is 5.60 Å². The van der Waals surface area contributed by atoms with Crippen LogP contribution in [0.3, 0.4) is 0 Å². The topological polar surface area (TPSA) is 38.8 Å². The van der Waals surface area contributed by atoms with Gasteiger partial charge in [-0.1, -0.05) is 36.4 Å². The maximum absolute atomic E-state index is 12.3. The van der Waals surface area contributed by atoms with Gasteiger partial charge >= 0.3 is 6.09 Å². The Morgan fingerprint density at radius 3 is 2.64 bits per heavy atom. The van der Waals surface area contributed by atoms with Crippen LogP contribution in [-0.4, -0.2) is 35.3 Å². The summed E-state index contributed by atoms with van der Waals surface area (Å²) in [6, 6.07) is 10.0. The van der Waals surface area contributed by atoms with E-state index in [4.69, 9.17) is 9.47 Å². The lowest BCUT2D eigenvalue weighted by molar-refractivity contribution is 0.0165. The van der Waals surface area contributed by atoms with E-state index in [-0.39, 0.29) is 18.2 Å². The lowest BCUT2D eigenvalue weighted by Gasteiger charge is -2.27. The zero-order valence-corrected chi connectivity index (χ0v) is 13.6. The molecule has 1 saturated heterocycles. The Labute approximate surface area is 132 Å². The number of benzene rings is 1. The van der Waals surface area contributed by atoms with E-state index < -0.39 is 5.60 Å². The van der Waals surface area contributed by atoms with Crippen molar-refractivity contribution in [3.63, 3.8) is 0 Å². The molecule has 0 N–H and O–H groups in total. The van der Waals surface area contributed by atoms with E-state index >= 15 is 0 Å². The summed E-state index contributed by atoms with van der Waals surface area (Å²) in [5.41, 5.74) is 0.638. The van der Waals surface area contributed by atoms with Gasteiger partial charge in [0.2, 0.25) is 0 Å². The molecule has 4 nitrogen and oxygen atoms in total. The molecule has 1 aliphatic heterocycles. The lowest BCUT2D eigenvalue weighted by atomic mass is 10.2. The highest BCUT2D eigenvalue weighted by molar-refractivity contribution is 5.69. The zero-order chi connectivity index (χ0) is 16.2. The molecule has 1 aromatic rings. The third-order valence-electron chi connectivity index (χ3n) is 3.53. The molecular formula is C18H25NO3. The first kappa shape index (κ1) is 16.6. The number of hydrogen-bond acceptors (Lipinski definition) is 3. The molecule has 2 atom stereocenters. The van der Waals surface area contributed by atoms with E-state index in [0.717, 1.165) is 12.0 Å². The summed E-state index contributed by atoms with van der Waals surface area (Å²) < 4.78 is 11.4. The fourth-order valence-electron chi connectivity index (χ4n) is 2.49. The highest BCUT2D eigenvalue weighted by Gasteiger charge is 2.36. The van der Waals surface area contributed by atoms with Crippen LogP contribution in [0.15, 0.2) is 43.0 Å². The van der Waals surface area contributed by atoms with Crippen LogP contribution < -0.4 is 0 Å². The fourth-order valence-corrected chi connectivity index (χ4v) is 2.49. The van der Waals surface area contributed by atoms with Crippen molar-refractivity contribution in [3.8, 4) is 0 Å². The van der Waals surface area contributed by atoms with E-state index in [1.807, 2.05) is 51.1 Å². The molecule has 0 aliphatic carbocycles. The highest BCUT2D eigenvalue weighted by Crippen LogP contribution is 2.24. The minimum absolute atomic E-state index is 0.00993. The van der Waals surface area contributed by atoms with E-state index in [1.54, 1.807) is 11.0 Å². The molecule has 0 saturated carbocycles. The first-order chi connectivity index (χ1) is 10.4. The minimum atomic E-state index is -0.494. The van der Waals surface area contributed by atoms with Gasteiger partial charge in [-0.3, -0.25) is 4.90 Å². The van der Waals surface area contributed by atoms with Crippen LogP contribution in [-0.2, 0) is 16.1 Å². The van der Waals surface area contributed by atoms with E-state index in [0.29, 0.717) is 13.2 Å². The van der Waals surface area contributed by atoms with Gasteiger partial charge in [0.15, 0.2) is 0 Å². The van der Waals surface area contributed by atoms with Gasteiger partial charge in [0.05, 0.1) is 25.3 Å². The second-order valence-corrected chi connectivity index (χ2v) is 6.59. The number of carbonyl (C=O) groups excluding carboxylic acids is 1. The van der Waals surface area contributed by atoms with Gasteiger partial charge in [0, 0.05) is 0 Å². The summed E-state index contributed by atoms with van der Waals surface area (Å²) in [6.07, 6.45) is 2.25. The number of carbonyl (C=O) groups is 1. The number of hydrogen-bond donors (Lipinski definition) is 0. The smallest absolute Gasteiger partial charge is 0.410 e. The third kappa shape index (κ3) is 4.60. The van der Waals surface area contributed by atoms with Gasteiger partial charge in [-0.25, -0.2) is 4.79 Å². The van der Waals surface area contributed by atoms with E-state index in [9.17, 15) is 4.79 Å². The third-order valence-corrected chi connectivity index (χ3v) is 3.53. The van der Waals surface area contributed by atoms with Gasteiger partial charge in [-0.2, -0.15) is 0 Å². The van der Waals surface area contributed by atoms with Crippen molar-refractivity contribution in [1.29, 1.82) is 0 Å². The summed E-state index contributed by atoms with van der Waals surface area (Å²) in [5, 5.41) is 0.